The van der Waals surface area contributed by atoms with Gasteiger partial charge in [-0.05, 0) is 44.4 Å². The van der Waals surface area contributed by atoms with Crippen molar-refractivity contribution < 1.29 is 14.3 Å². The number of esters is 1. The first-order valence-electron chi connectivity index (χ1n) is 10.5. The number of thioether (sulfide) groups is 1. The number of benzene rings is 1. The number of aryl methyl sites for hydroxylation is 2. The van der Waals surface area contributed by atoms with Gasteiger partial charge in [-0.25, -0.2) is 14.8 Å². The molecule has 3 rings (SSSR count). The number of hydrogen-bond acceptors (Lipinski definition) is 6. The molecular weight excluding hydrogens is 398 g/mol. The second kappa shape index (κ2) is 11.1. The third-order valence-electron chi connectivity index (χ3n) is 5.09. The van der Waals surface area contributed by atoms with Crippen molar-refractivity contribution in [2.45, 2.75) is 56.9 Å². The lowest BCUT2D eigenvalue weighted by molar-refractivity contribution is -0.134. The molecule has 30 heavy (non-hydrogen) atoms. The van der Waals surface area contributed by atoms with E-state index in [2.05, 4.69) is 9.97 Å². The van der Waals surface area contributed by atoms with Crippen LogP contribution >= 0.6 is 11.8 Å². The van der Waals surface area contributed by atoms with Crippen molar-refractivity contribution in [3.05, 3.63) is 52.8 Å². The zero-order chi connectivity index (χ0) is 21.3. The summed E-state index contributed by atoms with van der Waals surface area (Å²) in [6.45, 7) is 5.17. The van der Waals surface area contributed by atoms with Crippen LogP contribution in [-0.4, -0.2) is 46.4 Å². The van der Waals surface area contributed by atoms with Gasteiger partial charge in [-0.2, -0.15) is 0 Å². The van der Waals surface area contributed by atoms with Crippen molar-refractivity contribution in [1.29, 1.82) is 0 Å². The van der Waals surface area contributed by atoms with E-state index in [1.807, 2.05) is 36.9 Å². The molecular formula is C23H29N3O3S. The summed E-state index contributed by atoms with van der Waals surface area (Å²) in [6.07, 6.45) is 5.57. The van der Waals surface area contributed by atoms with Crippen LogP contribution in [0.5, 0.6) is 0 Å². The van der Waals surface area contributed by atoms with Crippen LogP contribution in [0.4, 0.5) is 0 Å². The minimum absolute atomic E-state index is 0.110. The van der Waals surface area contributed by atoms with Crippen LogP contribution in [0.15, 0.2) is 35.5 Å². The van der Waals surface area contributed by atoms with Gasteiger partial charge in [0.15, 0.2) is 11.8 Å². The molecule has 160 valence electrons. The topological polar surface area (TPSA) is 72.4 Å². The fourth-order valence-corrected chi connectivity index (χ4v) is 4.49. The summed E-state index contributed by atoms with van der Waals surface area (Å²) in [5.41, 5.74) is 3.16. The van der Waals surface area contributed by atoms with Gasteiger partial charge in [-0.3, -0.25) is 4.79 Å². The summed E-state index contributed by atoms with van der Waals surface area (Å²) in [7, 11) is 0. The summed E-state index contributed by atoms with van der Waals surface area (Å²) in [5, 5.41) is 0.683. The minimum atomic E-state index is -0.465. The average molecular weight is 428 g/mol. The number of ether oxygens (including phenoxy) is 1. The third kappa shape index (κ3) is 6.55. The monoisotopic (exact) mass is 427 g/mol. The van der Waals surface area contributed by atoms with Crippen molar-refractivity contribution in [2.24, 2.45) is 0 Å². The van der Waals surface area contributed by atoms with E-state index in [1.54, 1.807) is 12.1 Å². The van der Waals surface area contributed by atoms with Crippen molar-refractivity contribution >= 4 is 23.6 Å². The van der Waals surface area contributed by atoms with E-state index in [4.69, 9.17) is 4.74 Å². The van der Waals surface area contributed by atoms with Crippen LogP contribution in [0.25, 0.3) is 0 Å². The van der Waals surface area contributed by atoms with Crippen molar-refractivity contribution in [2.75, 3.05) is 19.7 Å². The first kappa shape index (κ1) is 22.3. The van der Waals surface area contributed by atoms with Gasteiger partial charge in [0.2, 0.25) is 0 Å². The van der Waals surface area contributed by atoms with Crippen LogP contribution in [0, 0.1) is 13.8 Å². The third-order valence-corrected chi connectivity index (χ3v) is 5.99. The van der Waals surface area contributed by atoms with Crippen LogP contribution in [0.1, 0.15) is 59.4 Å². The Balaban J connectivity index is 1.58. The van der Waals surface area contributed by atoms with Gasteiger partial charge in [0, 0.05) is 30.2 Å². The Bertz CT molecular complexity index is 859. The first-order chi connectivity index (χ1) is 14.5. The molecule has 0 saturated carbocycles. The quantitative estimate of drug-likeness (QED) is 0.388. The number of aromatic nitrogens is 2. The van der Waals surface area contributed by atoms with E-state index in [9.17, 15) is 9.59 Å². The van der Waals surface area contributed by atoms with Gasteiger partial charge in [-0.1, -0.05) is 49.2 Å². The molecule has 2 aromatic rings. The van der Waals surface area contributed by atoms with Crippen LogP contribution < -0.4 is 0 Å². The van der Waals surface area contributed by atoms with Crippen LogP contribution in [0.3, 0.4) is 0 Å². The van der Waals surface area contributed by atoms with E-state index in [-0.39, 0.29) is 12.5 Å². The number of amides is 1. The number of carbonyl (C=O) groups is 2. The molecule has 0 aliphatic carbocycles. The fourth-order valence-electron chi connectivity index (χ4n) is 3.54. The molecule has 0 spiro atoms. The molecule has 1 saturated heterocycles. The molecule has 0 bridgehead atoms. The number of carbonyl (C=O) groups excluding carboxylic acids is 2. The van der Waals surface area contributed by atoms with Gasteiger partial charge >= 0.3 is 5.97 Å². The summed E-state index contributed by atoms with van der Waals surface area (Å²) in [6, 6.07) is 9.25. The van der Waals surface area contributed by atoms with Crippen molar-refractivity contribution in [3.63, 3.8) is 0 Å². The van der Waals surface area contributed by atoms with E-state index in [0.717, 1.165) is 55.7 Å². The summed E-state index contributed by atoms with van der Waals surface area (Å²) in [4.78, 5) is 35.8. The highest BCUT2D eigenvalue weighted by Crippen LogP contribution is 2.23. The Morgan fingerprint density at radius 2 is 1.63 bits per heavy atom. The molecule has 1 aliphatic heterocycles. The maximum absolute atomic E-state index is 12.7. The molecule has 0 unspecified atom stereocenters. The fraction of sp³-hybridized carbons (Fsp3) is 0.478. The molecule has 7 heteroatoms. The van der Waals surface area contributed by atoms with E-state index in [1.165, 1.54) is 18.2 Å². The highest BCUT2D eigenvalue weighted by molar-refractivity contribution is 7.98. The smallest absolute Gasteiger partial charge is 0.338 e. The van der Waals surface area contributed by atoms with Gasteiger partial charge in [0.05, 0.1) is 5.56 Å². The second-order valence-corrected chi connectivity index (χ2v) is 8.55. The predicted octanol–water partition coefficient (Wildman–Crippen LogP) is 4.34. The molecule has 0 atom stereocenters. The molecule has 1 aromatic carbocycles. The minimum Gasteiger partial charge on any atom is -0.452 e. The van der Waals surface area contributed by atoms with Gasteiger partial charge in [-0.15, -0.1) is 0 Å². The molecule has 2 heterocycles. The van der Waals surface area contributed by atoms with E-state index >= 15 is 0 Å². The zero-order valence-corrected chi connectivity index (χ0v) is 18.5. The molecule has 1 amide bonds. The number of rotatable bonds is 6. The summed E-state index contributed by atoms with van der Waals surface area (Å²) < 4.78 is 5.38. The van der Waals surface area contributed by atoms with E-state index < -0.39 is 5.97 Å². The Hall–Kier alpha value is -2.41. The predicted molar refractivity (Wildman–Crippen MR) is 117 cm³/mol. The molecule has 0 radical (unpaired) electrons. The van der Waals surface area contributed by atoms with Crippen molar-refractivity contribution in [1.82, 2.24) is 14.9 Å². The zero-order valence-electron chi connectivity index (χ0n) is 17.7. The molecule has 1 aromatic heterocycles. The standard InChI is InChI=1S/C23H29N3O3S/c1-17-14-18(2)25-23(24-17)30-16-19-10-6-7-11-20(19)22(28)29-15-21(27)26-12-8-4-3-5-9-13-26/h6-7,10-11,14H,3-5,8-9,12-13,15-16H2,1-2H3. The molecule has 1 fully saturated rings. The maximum atomic E-state index is 12.7. The van der Waals surface area contributed by atoms with Gasteiger partial charge in [0.25, 0.3) is 5.91 Å². The molecule has 0 N–H and O–H groups in total. The summed E-state index contributed by atoms with van der Waals surface area (Å²) in [5.74, 6) is -0.0255. The summed E-state index contributed by atoms with van der Waals surface area (Å²) >= 11 is 1.48. The average Bonchev–Trinajstić information content (AvgIpc) is 2.69. The second-order valence-electron chi connectivity index (χ2n) is 7.60. The lowest BCUT2D eigenvalue weighted by atomic mass is 10.1. The lowest BCUT2D eigenvalue weighted by Gasteiger charge is -2.24. The van der Waals surface area contributed by atoms with Gasteiger partial charge in [0.1, 0.15) is 0 Å². The largest absolute Gasteiger partial charge is 0.452 e. The number of nitrogens with zero attached hydrogens (tertiary/aromatic N) is 3. The Morgan fingerprint density at radius 1 is 1.00 bits per heavy atom. The van der Waals surface area contributed by atoms with Crippen LogP contribution in [-0.2, 0) is 15.3 Å². The first-order valence-corrected chi connectivity index (χ1v) is 11.5. The number of hydrogen-bond donors (Lipinski definition) is 0. The van der Waals surface area contributed by atoms with Gasteiger partial charge < -0.3 is 9.64 Å². The highest BCUT2D eigenvalue weighted by atomic mass is 32.2. The maximum Gasteiger partial charge on any atom is 0.338 e. The Labute approximate surface area is 182 Å². The Kier molecular flexibility index (Phi) is 8.25. The van der Waals surface area contributed by atoms with Crippen LogP contribution in [0.2, 0.25) is 0 Å². The Morgan fingerprint density at radius 3 is 2.33 bits per heavy atom. The highest BCUT2D eigenvalue weighted by Gasteiger charge is 2.19. The number of likely N-dealkylation sites (tertiary alicyclic amines) is 1. The molecule has 6 nitrogen and oxygen atoms in total. The SMILES string of the molecule is Cc1cc(C)nc(SCc2ccccc2C(=O)OCC(=O)N2CCCCCCC2)n1. The van der Waals surface area contributed by atoms with Crippen molar-refractivity contribution in [3.8, 4) is 0 Å². The lowest BCUT2D eigenvalue weighted by Crippen LogP contribution is -2.37. The molecule has 1 aliphatic rings. The normalized spacial score (nSPS) is 14.7. The van der Waals surface area contributed by atoms with E-state index in [0.29, 0.717) is 16.5 Å².